The van der Waals surface area contributed by atoms with Crippen molar-refractivity contribution < 1.29 is 14.3 Å². The molecule has 0 amide bonds. The molecule has 1 rings (SSSR count). The predicted molar refractivity (Wildman–Crippen MR) is 61.2 cm³/mol. The number of carbonyl (C=O) groups is 2. The van der Waals surface area contributed by atoms with E-state index in [2.05, 4.69) is 4.74 Å². The maximum absolute atomic E-state index is 11.4. The molecule has 0 aliphatic heterocycles. The number of ketones is 1. The highest BCUT2D eigenvalue weighted by Crippen LogP contribution is 2.19. The Hall–Kier alpha value is -1.84. The normalized spacial score (nSPS) is 9.88. The van der Waals surface area contributed by atoms with E-state index in [4.69, 9.17) is 5.73 Å². The maximum atomic E-state index is 11.4. The van der Waals surface area contributed by atoms with Crippen LogP contribution in [-0.2, 0) is 16.0 Å². The van der Waals surface area contributed by atoms with E-state index >= 15 is 0 Å². The van der Waals surface area contributed by atoms with E-state index in [-0.39, 0.29) is 12.2 Å². The second-order valence-corrected chi connectivity index (χ2v) is 3.44. The van der Waals surface area contributed by atoms with E-state index in [1.807, 2.05) is 0 Å². The number of nitrogen functional groups attached to an aromatic ring is 1. The summed E-state index contributed by atoms with van der Waals surface area (Å²) >= 11 is 0. The molecule has 0 bridgehead atoms. The van der Waals surface area contributed by atoms with Gasteiger partial charge in [-0.05, 0) is 11.6 Å². The van der Waals surface area contributed by atoms with Crippen molar-refractivity contribution in [3.63, 3.8) is 0 Å². The number of rotatable bonds is 4. The molecule has 0 atom stereocenters. The molecule has 0 saturated heterocycles. The van der Waals surface area contributed by atoms with Gasteiger partial charge in [0.1, 0.15) is 5.78 Å². The van der Waals surface area contributed by atoms with Gasteiger partial charge in [0.05, 0.1) is 12.7 Å². The Bertz CT molecular complexity index is 413. The van der Waals surface area contributed by atoms with Crippen molar-refractivity contribution in [1.82, 2.24) is 0 Å². The van der Waals surface area contributed by atoms with Crippen LogP contribution in [0.4, 0.5) is 5.69 Å². The number of Topliss-reactive ketones (excluding diaryl/α,β-unsaturated/α-hetero) is 1. The first-order chi connectivity index (χ1) is 7.60. The van der Waals surface area contributed by atoms with Crippen molar-refractivity contribution >= 4 is 17.4 Å². The molecule has 0 aliphatic rings. The fourth-order valence-corrected chi connectivity index (χ4v) is 1.39. The van der Waals surface area contributed by atoms with Gasteiger partial charge in [0.25, 0.3) is 0 Å². The standard InChI is InChI=1S/C12H15NO3/c1-3-9(14)7-8-5-4-6-10(11(8)13)12(15)16-2/h4-6H,3,7,13H2,1-2H3. The van der Waals surface area contributed by atoms with Crippen LogP contribution in [0.5, 0.6) is 0 Å². The van der Waals surface area contributed by atoms with Crippen LogP contribution < -0.4 is 5.73 Å². The summed E-state index contributed by atoms with van der Waals surface area (Å²) in [7, 11) is 1.30. The second-order valence-electron chi connectivity index (χ2n) is 3.44. The topological polar surface area (TPSA) is 69.4 Å². The van der Waals surface area contributed by atoms with Crippen LogP contribution in [0, 0.1) is 0 Å². The Labute approximate surface area is 94.4 Å². The Morgan fingerprint density at radius 1 is 1.38 bits per heavy atom. The zero-order valence-corrected chi connectivity index (χ0v) is 9.45. The molecule has 0 aliphatic carbocycles. The number of hydrogen-bond acceptors (Lipinski definition) is 4. The molecule has 0 spiro atoms. The number of methoxy groups -OCH3 is 1. The summed E-state index contributed by atoms with van der Waals surface area (Å²) in [6, 6.07) is 5.03. The third kappa shape index (κ3) is 2.59. The average Bonchev–Trinajstić information content (AvgIpc) is 2.30. The van der Waals surface area contributed by atoms with E-state index in [1.54, 1.807) is 25.1 Å². The molecule has 4 nitrogen and oxygen atoms in total. The molecular weight excluding hydrogens is 206 g/mol. The molecule has 1 aromatic carbocycles. The Morgan fingerprint density at radius 3 is 2.62 bits per heavy atom. The molecule has 16 heavy (non-hydrogen) atoms. The Morgan fingerprint density at radius 2 is 2.06 bits per heavy atom. The van der Waals surface area contributed by atoms with Crippen LogP contribution in [0.2, 0.25) is 0 Å². The van der Waals surface area contributed by atoms with Crippen molar-refractivity contribution in [3.05, 3.63) is 29.3 Å². The molecule has 0 unspecified atom stereocenters. The maximum Gasteiger partial charge on any atom is 0.339 e. The molecule has 0 aromatic heterocycles. The molecule has 0 saturated carbocycles. The summed E-state index contributed by atoms with van der Waals surface area (Å²) in [5, 5.41) is 0. The number of para-hydroxylation sites is 1. The van der Waals surface area contributed by atoms with Crippen LogP contribution in [0.15, 0.2) is 18.2 Å². The number of nitrogens with two attached hydrogens (primary N) is 1. The lowest BCUT2D eigenvalue weighted by Gasteiger charge is -2.08. The lowest BCUT2D eigenvalue weighted by atomic mass is 10.0. The lowest BCUT2D eigenvalue weighted by molar-refractivity contribution is -0.118. The van der Waals surface area contributed by atoms with E-state index in [0.717, 1.165) is 0 Å². The lowest BCUT2D eigenvalue weighted by Crippen LogP contribution is -2.10. The van der Waals surface area contributed by atoms with Crippen molar-refractivity contribution in [2.24, 2.45) is 0 Å². The first-order valence-corrected chi connectivity index (χ1v) is 5.07. The van der Waals surface area contributed by atoms with Gasteiger partial charge in [-0.1, -0.05) is 19.1 Å². The van der Waals surface area contributed by atoms with Gasteiger partial charge in [0.2, 0.25) is 0 Å². The highest BCUT2D eigenvalue weighted by atomic mass is 16.5. The third-order valence-corrected chi connectivity index (χ3v) is 2.38. The number of carbonyl (C=O) groups excluding carboxylic acids is 2. The van der Waals surface area contributed by atoms with Gasteiger partial charge >= 0.3 is 5.97 Å². The number of anilines is 1. The van der Waals surface area contributed by atoms with Crippen LogP contribution >= 0.6 is 0 Å². The van der Waals surface area contributed by atoms with Gasteiger partial charge < -0.3 is 10.5 Å². The summed E-state index contributed by atoms with van der Waals surface area (Å²) < 4.78 is 4.60. The zero-order valence-electron chi connectivity index (χ0n) is 9.45. The van der Waals surface area contributed by atoms with Gasteiger partial charge in [0, 0.05) is 18.5 Å². The first kappa shape index (κ1) is 12.2. The molecule has 0 heterocycles. The summed E-state index contributed by atoms with van der Waals surface area (Å²) in [5.74, 6) is -0.392. The van der Waals surface area contributed by atoms with Crippen LogP contribution in [0.1, 0.15) is 29.3 Å². The van der Waals surface area contributed by atoms with Gasteiger partial charge in [-0.2, -0.15) is 0 Å². The second kappa shape index (κ2) is 5.30. The van der Waals surface area contributed by atoms with Gasteiger partial charge in [-0.15, -0.1) is 0 Å². The number of ether oxygens (including phenoxy) is 1. The summed E-state index contributed by atoms with van der Waals surface area (Å²) in [5.41, 5.74) is 7.12. The smallest absolute Gasteiger partial charge is 0.339 e. The van der Waals surface area contributed by atoms with Crippen molar-refractivity contribution in [3.8, 4) is 0 Å². The minimum atomic E-state index is -0.483. The largest absolute Gasteiger partial charge is 0.465 e. The van der Waals surface area contributed by atoms with Crippen LogP contribution in [0.25, 0.3) is 0 Å². The Balaban J connectivity index is 3.04. The third-order valence-electron chi connectivity index (χ3n) is 2.38. The quantitative estimate of drug-likeness (QED) is 0.619. The monoisotopic (exact) mass is 221 g/mol. The zero-order chi connectivity index (χ0) is 12.1. The predicted octanol–water partition coefficient (Wildman–Crippen LogP) is 1.58. The number of hydrogen-bond donors (Lipinski definition) is 1. The number of esters is 1. The minimum Gasteiger partial charge on any atom is -0.465 e. The van der Waals surface area contributed by atoms with E-state index in [1.165, 1.54) is 7.11 Å². The molecule has 4 heteroatoms. The fraction of sp³-hybridized carbons (Fsp3) is 0.333. The molecule has 0 fully saturated rings. The fourth-order valence-electron chi connectivity index (χ4n) is 1.39. The van der Waals surface area contributed by atoms with E-state index < -0.39 is 5.97 Å². The SMILES string of the molecule is CCC(=O)Cc1cccc(C(=O)OC)c1N. The first-order valence-electron chi connectivity index (χ1n) is 5.07. The van der Waals surface area contributed by atoms with Crippen LogP contribution in [-0.4, -0.2) is 18.9 Å². The summed E-state index contributed by atoms with van der Waals surface area (Å²) in [6.45, 7) is 1.79. The molecule has 1 aromatic rings. The van der Waals surface area contributed by atoms with Gasteiger partial charge in [-0.25, -0.2) is 4.79 Å². The highest BCUT2D eigenvalue weighted by Gasteiger charge is 2.13. The highest BCUT2D eigenvalue weighted by molar-refractivity contribution is 5.96. The van der Waals surface area contributed by atoms with E-state index in [0.29, 0.717) is 23.2 Å². The van der Waals surface area contributed by atoms with Crippen molar-refractivity contribution in [2.45, 2.75) is 19.8 Å². The van der Waals surface area contributed by atoms with Gasteiger partial charge in [0.15, 0.2) is 0 Å². The molecular formula is C12H15NO3. The minimum absolute atomic E-state index is 0.0914. The van der Waals surface area contributed by atoms with E-state index in [9.17, 15) is 9.59 Å². The molecule has 86 valence electrons. The molecule has 0 radical (unpaired) electrons. The van der Waals surface area contributed by atoms with Crippen molar-refractivity contribution in [2.75, 3.05) is 12.8 Å². The van der Waals surface area contributed by atoms with Crippen LogP contribution in [0.3, 0.4) is 0 Å². The average molecular weight is 221 g/mol. The van der Waals surface area contributed by atoms with Crippen molar-refractivity contribution in [1.29, 1.82) is 0 Å². The molecule has 2 N–H and O–H groups in total. The van der Waals surface area contributed by atoms with Gasteiger partial charge in [-0.3, -0.25) is 4.79 Å². The number of benzene rings is 1. The Kier molecular flexibility index (Phi) is 4.05. The summed E-state index contributed by atoms with van der Waals surface area (Å²) in [4.78, 5) is 22.7. The summed E-state index contributed by atoms with van der Waals surface area (Å²) in [6.07, 6.45) is 0.717.